The number of ketones is 1. The van der Waals surface area contributed by atoms with E-state index in [4.69, 9.17) is 16.9 Å². The lowest BCUT2D eigenvalue weighted by atomic mass is 10.1. The third-order valence-corrected chi connectivity index (χ3v) is 3.50. The van der Waals surface area contributed by atoms with Crippen LogP contribution in [0.3, 0.4) is 0 Å². The van der Waals surface area contributed by atoms with Gasteiger partial charge in [-0.15, -0.1) is 22.9 Å². The van der Waals surface area contributed by atoms with Crippen molar-refractivity contribution in [3.05, 3.63) is 29.3 Å². The molecule has 0 saturated carbocycles. The summed E-state index contributed by atoms with van der Waals surface area (Å²) in [7, 11) is 0. The zero-order valence-corrected chi connectivity index (χ0v) is 9.76. The maximum atomic E-state index is 11.4. The van der Waals surface area contributed by atoms with Gasteiger partial charge < -0.3 is 0 Å². The van der Waals surface area contributed by atoms with Crippen molar-refractivity contribution < 1.29 is 4.79 Å². The van der Waals surface area contributed by atoms with Gasteiger partial charge in [0.25, 0.3) is 0 Å². The highest BCUT2D eigenvalue weighted by Crippen LogP contribution is 2.27. The van der Waals surface area contributed by atoms with E-state index in [2.05, 4.69) is 4.98 Å². The molecule has 0 saturated heterocycles. The summed E-state index contributed by atoms with van der Waals surface area (Å²) in [5.41, 5.74) is 0.810. The molecule has 16 heavy (non-hydrogen) atoms. The number of carbonyl (C=O) groups is 1. The highest BCUT2D eigenvalue weighted by molar-refractivity contribution is 7.18. The Morgan fingerprint density at radius 3 is 2.94 bits per heavy atom. The molecule has 0 radical (unpaired) electrons. The lowest BCUT2D eigenvalue weighted by molar-refractivity contribution is -0.117. The number of fused-ring (bicyclic) bond motifs is 1. The van der Waals surface area contributed by atoms with Crippen LogP contribution < -0.4 is 0 Å². The molecule has 0 amide bonds. The standard InChI is InChI=1S/C11H7ClN2OS/c12-5-9(15)7(6-13)11-14-8-3-1-2-4-10(8)16-11/h1-4,7H,5H2/t7-/m0/s1. The summed E-state index contributed by atoms with van der Waals surface area (Å²) in [5.74, 6) is -1.30. The molecular formula is C11H7ClN2OS. The molecule has 1 aromatic carbocycles. The predicted octanol–water partition coefficient (Wildman–Crippen LogP) is 2.71. The van der Waals surface area contributed by atoms with Crippen LogP contribution in [0.5, 0.6) is 0 Å². The smallest absolute Gasteiger partial charge is 0.171 e. The average molecular weight is 251 g/mol. The van der Waals surface area contributed by atoms with Gasteiger partial charge in [0.05, 0.1) is 22.2 Å². The van der Waals surface area contributed by atoms with Crippen molar-refractivity contribution in [1.82, 2.24) is 4.98 Å². The topological polar surface area (TPSA) is 53.8 Å². The Labute approximate surface area is 101 Å². The van der Waals surface area contributed by atoms with Gasteiger partial charge in [-0.3, -0.25) is 4.79 Å². The first kappa shape index (κ1) is 11.1. The number of nitriles is 1. The van der Waals surface area contributed by atoms with E-state index < -0.39 is 5.92 Å². The minimum atomic E-state index is -0.838. The molecule has 0 aliphatic rings. The largest absolute Gasteiger partial charge is 0.296 e. The van der Waals surface area contributed by atoms with Crippen LogP contribution in [-0.4, -0.2) is 16.6 Å². The second-order valence-corrected chi connectivity index (χ2v) is 4.51. The molecule has 0 spiro atoms. The number of rotatable bonds is 3. The normalized spacial score (nSPS) is 12.2. The van der Waals surface area contributed by atoms with Gasteiger partial charge in [-0.1, -0.05) is 12.1 Å². The summed E-state index contributed by atoms with van der Waals surface area (Å²) in [6, 6.07) is 9.48. The Kier molecular flexibility index (Phi) is 3.18. The summed E-state index contributed by atoms with van der Waals surface area (Å²) in [6.45, 7) is 0. The van der Waals surface area contributed by atoms with E-state index in [0.717, 1.165) is 10.2 Å². The van der Waals surface area contributed by atoms with Crippen molar-refractivity contribution in [2.45, 2.75) is 5.92 Å². The van der Waals surface area contributed by atoms with Crippen LogP contribution in [0.25, 0.3) is 10.2 Å². The minimum Gasteiger partial charge on any atom is -0.296 e. The summed E-state index contributed by atoms with van der Waals surface area (Å²) in [5, 5.41) is 9.47. The van der Waals surface area contributed by atoms with Crippen molar-refractivity contribution in [3.8, 4) is 6.07 Å². The fourth-order valence-corrected chi connectivity index (χ4v) is 2.55. The van der Waals surface area contributed by atoms with E-state index in [1.807, 2.05) is 30.3 Å². The van der Waals surface area contributed by atoms with Crippen molar-refractivity contribution in [2.24, 2.45) is 0 Å². The van der Waals surface area contributed by atoms with Crippen LogP contribution in [-0.2, 0) is 4.79 Å². The molecule has 0 aliphatic heterocycles. The van der Waals surface area contributed by atoms with Crippen LogP contribution in [0.2, 0.25) is 0 Å². The maximum absolute atomic E-state index is 11.4. The third-order valence-electron chi connectivity index (χ3n) is 2.14. The first-order valence-corrected chi connectivity index (χ1v) is 5.95. The summed E-state index contributed by atoms with van der Waals surface area (Å²) >= 11 is 6.81. The van der Waals surface area contributed by atoms with Gasteiger partial charge in [-0.05, 0) is 12.1 Å². The van der Waals surface area contributed by atoms with Gasteiger partial charge in [0.15, 0.2) is 11.7 Å². The number of benzene rings is 1. The number of nitrogens with zero attached hydrogens (tertiary/aromatic N) is 2. The van der Waals surface area contributed by atoms with Crippen LogP contribution in [0.15, 0.2) is 24.3 Å². The van der Waals surface area contributed by atoms with Gasteiger partial charge in [0.2, 0.25) is 0 Å². The molecular weight excluding hydrogens is 244 g/mol. The first-order chi connectivity index (χ1) is 7.76. The van der Waals surface area contributed by atoms with Crippen molar-refractivity contribution >= 4 is 38.9 Å². The van der Waals surface area contributed by atoms with E-state index in [1.54, 1.807) is 0 Å². The molecule has 0 fully saturated rings. The molecule has 0 N–H and O–H groups in total. The van der Waals surface area contributed by atoms with E-state index in [1.165, 1.54) is 11.3 Å². The summed E-state index contributed by atoms with van der Waals surface area (Å²) in [4.78, 5) is 15.7. The van der Waals surface area contributed by atoms with Crippen LogP contribution >= 0.6 is 22.9 Å². The second-order valence-electron chi connectivity index (χ2n) is 3.18. The molecule has 2 aromatic rings. The van der Waals surface area contributed by atoms with Gasteiger partial charge in [0, 0.05) is 0 Å². The van der Waals surface area contributed by atoms with Crippen LogP contribution in [0.1, 0.15) is 10.9 Å². The second kappa shape index (κ2) is 4.60. The zero-order valence-electron chi connectivity index (χ0n) is 8.18. The first-order valence-electron chi connectivity index (χ1n) is 4.60. The van der Waals surface area contributed by atoms with Crippen molar-refractivity contribution in [1.29, 1.82) is 5.26 Å². The monoisotopic (exact) mass is 250 g/mol. The Morgan fingerprint density at radius 1 is 1.56 bits per heavy atom. The molecule has 1 aromatic heterocycles. The molecule has 1 heterocycles. The zero-order chi connectivity index (χ0) is 11.5. The molecule has 0 unspecified atom stereocenters. The Balaban J connectivity index is 2.47. The van der Waals surface area contributed by atoms with Gasteiger partial charge in [0.1, 0.15) is 5.01 Å². The van der Waals surface area contributed by atoms with Crippen molar-refractivity contribution in [2.75, 3.05) is 5.88 Å². The summed E-state index contributed by atoms with van der Waals surface area (Å²) < 4.78 is 0.972. The third kappa shape index (κ3) is 1.92. The number of alkyl halides is 1. The summed E-state index contributed by atoms with van der Waals surface area (Å²) in [6.07, 6.45) is 0. The number of para-hydroxylation sites is 1. The Hall–Kier alpha value is -1.44. The minimum absolute atomic E-state index is 0.159. The highest BCUT2D eigenvalue weighted by Gasteiger charge is 2.22. The SMILES string of the molecule is N#C[C@@H](C(=O)CCl)c1nc2ccccc2s1. The molecule has 1 atom stereocenters. The number of carbonyl (C=O) groups excluding carboxylic acids is 1. The number of hydrogen-bond donors (Lipinski definition) is 0. The van der Waals surface area contributed by atoms with E-state index >= 15 is 0 Å². The Bertz CT molecular complexity index is 540. The quantitative estimate of drug-likeness (QED) is 0.787. The van der Waals surface area contributed by atoms with E-state index in [0.29, 0.717) is 5.01 Å². The number of thiazole rings is 1. The molecule has 3 nitrogen and oxygen atoms in total. The number of Topliss-reactive ketones (excluding diaryl/α,β-unsaturated/α-hetero) is 1. The molecule has 2 rings (SSSR count). The molecule has 0 aliphatic carbocycles. The maximum Gasteiger partial charge on any atom is 0.171 e. The number of aromatic nitrogens is 1. The molecule has 80 valence electrons. The van der Waals surface area contributed by atoms with Crippen molar-refractivity contribution in [3.63, 3.8) is 0 Å². The van der Waals surface area contributed by atoms with Gasteiger partial charge >= 0.3 is 0 Å². The average Bonchev–Trinajstić information content (AvgIpc) is 2.72. The Morgan fingerprint density at radius 2 is 2.31 bits per heavy atom. The van der Waals surface area contributed by atoms with E-state index in [-0.39, 0.29) is 11.7 Å². The molecule has 5 heteroatoms. The fraction of sp³-hybridized carbons (Fsp3) is 0.182. The number of hydrogen-bond acceptors (Lipinski definition) is 4. The van der Waals surface area contributed by atoms with Gasteiger partial charge in [-0.2, -0.15) is 5.26 Å². The van der Waals surface area contributed by atoms with Crippen LogP contribution in [0.4, 0.5) is 0 Å². The van der Waals surface area contributed by atoms with Crippen LogP contribution in [0, 0.1) is 11.3 Å². The van der Waals surface area contributed by atoms with E-state index in [9.17, 15) is 4.79 Å². The van der Waals surface area contributed by atoms with Gasteiger partial charge in [-0.25, -0.2) is 4.98 Å². The lowest BCUT2D eigenvalue weighted by Crippen LogP contribution is -2.11. The molecule has 0 bridgehead atoms. The highest BCUT2D eigenvalue weighted by atomic mass is 35.5. The fourth-order valence-electron chi connectivity index (χ4n) is 1.36. The lowest BCUT2D eigenvalue weighted by Gasteiger charge is -1.99. The number of halogens is 1. The predicted molar refractivity (Wildman–Crippen MR) is 63.7 cm³/mol.